The molecule has 0 aliphatic rings. The van der Waals surface area contributed by atoms with Gasteiger partial charge in [-0.1, -0.05) is 99.1 Å². The van der Waals surface area contributed by atoms with Crippen LogP contribution in [0.25, 0.3) is 17.2 Å². The van der Waals surface area contributed by atoms with Gasteiger partial charge in [0.25, 0.3) is 16.0 Å². The van der Waals surface area contributed by atoms with Crippen LogP contribution >= 0.6 is 11.6 Å². The van der Waals surface area contributed by atoms with Gasteiger partial charge < -0.3 is 10.6 Å². The number of hydrogen-bond donors (Lipinski definition) is 3. The lowest BCUT2D eigenvalue weighted by Crippen LogP contribution is -2.28. The van der Waals surface area contributed by atoms with Gasteiger partial charge in [-0.15, -0.1) is 0 Å². The normalized spacial score (nSPS) is 12.6. The third-order valence-corrected chi connectivity index (χ3v) is 8.34. The molecule has 1 atom stereocenters. The number of benzene rings is 4. The number of nitrogens with one attached hydrogen (secondary N) is 2. The van der Waals surface area contributed by atoms with Gasteiger partial charge >= 0.3 is 0 Å². The molecular formula is C37H39ClN2O5S. The van der Waals surface area contributed by atoms with Crippen molar-refractivity contribution in [2.75, 3.05) is 17.6 Å². The highest BCUT2D eigenvalue weighted by Crippen LogP contribution is 2.29. The molecule has 4 rings (SSSR count). The summed E-state index contributed by atoms with van der Waals surface area (Å²) in [5.74, 6) is -1.71. The molecule has 0 fully saturated rings. The maximum atomic E-state index is 13.8. The Bertz CT molecular complexity index is 1810. The van der Waals surface area contributed by atoms with Crippen LogP contribution in [0.2, 0.25) is 5.02 Å². The molecule has 46 heavy (non-hydrogen) atoms. The highest BCUT2D eigenvalue weighted by molar-refractivity contribution is 7.85. The molecule has 2 amide bonds. The van der Waals surface area contributed by atoms with Gasteiger partial charge in [-0.25, -0.2) is 0 Å². The monoisotopic (exact) mass is 658 g/mol. The summed E-state index contributed by atoms with van der Waals surface area (Å²) >= 11 is 6.13. The van der Waals surface area contributed by atoms with E-state index in [2.05, 4.69) is 43.6 Å². The third kappa shape index (κ3) is 10.4. The number of aryl methyl sites for hydroxylation is 1. The van der Waals surface area contributed by atoms with Crippen molar-refractivity contribution >= 4 is 45.3 Å². The number of allylic oxidation sites excluding steroid dienone is 1. The van der Waals surface area contributed by atoms with Crippen molar-refractivity contribution in [2.24, 2.45) is 5.41 Å². The van der Waals surface area contributed by atoms with E-state index in [0.717, 1.165) is 33.4 Å². The van der Waals surface area contributed by atoms with Crippen LogP contribution in [-0.2, 0) is 21.3 Å². The quantitative estimate of drug-likeness (QED) is 0.142. The minimum atomic E-state index is -4.17. The summed E-state index contributed by atoms with van der Waals surface area (Å²) < 4.78 is 30.8. The van der Waals surface area contributed by atoms with Crippen LogP contribution in [0.15, 0.2) is 97.1 Å². The van der Waals surface area contributed by atoms with Crippen molar-refractivity contribution in [3.05, 3.63) is 130 Å². The average molecular weight is 659 g/mol. The minimum absolute atomic E-state index is 0.0441. The standard InChI is InChI=1S/C37H39ClN2O5S/c1-25-23-31(38)15-18-33(25)28-13-16-32(17-14-28)40-36(42)34(29-9-5-26(6-10-29)19-20-37(2,3)4)24-27-7-11-30(12-8-27)35(41)39-21-22-46(43,44)45/h5-20,23,34H,21-22,24H2,1-4H3,(H,39,41)(H,40,42)(H,43,44,45). The predicted molar refractivity (Wildman–Crippen MR) is 187 cm³/mol. The molecule has 7 nitrogen and oxygen atoms in total. The molecule has 0 heterocycles. The lowest BCUT2D eigenvalue weighted by atomic mass is 9.89. The van der Waals surface area contributed by atoms with Gasteiger partial charge in [-0.05, 0) is 88.5 Å². The summed E-state index contributed by atoms with van der Waals surface area (Å²) in [7, 11) is -4.17. The van der Waals surface area contributed by atoms with Crippen molar-refractivity contribution in [3.63, 3.8) is 0 Å². The molecule has 0 aliphatic carbocycles. The van der Waals surface area contributed by atoms with E-state index in [1.807, 2.05) is 73.7 Å². The number of amides is 2. The van der Waals surface area contributed by atoms with Crippen LogP contribution in [0.4, 0.5) is 5.69 Å². The summed E-state index contributed by atoms with van der Waals surface area (Å²) in [6.45, 7) is 8.21. The minimum Gasteiger partial charge on any atom is -0.351 e. The average Bonchev–Trinajstić information content (AvgIpc) is 2.99. The fraction of sp³-hybridized carbons (Fsp3) is 0.243. The van der Waals surface area contributed by atoms with Crippen LogP contribution < -0.4 is 10.6 Å². The fourth-order valence-corrected chi connectivity index (χ4v) is 5.47. The van der Waals surface area contributed by atoms with Crippen LogP contribution in [0.3, 0.4) is 0 Å². The van der Waals surface area contributed by atoms with E-state index < -0.39 is 27.7 Å². The lowest BCUT2D eigenvalue weighted by Gasteiger charge is -2.19. The lowest BCUT2D eigenvalue weighted by molar-refractivity contribution is -0.117. The number of rotatable bonds is 11. The highest BCUT2D eigenvalue weighted by atomic mass is 35.5. The topological polar surface area (TPSA) is 113 Å². The number of anilines is 1. The maximum Gasteiger partial charge on any atom is 0.266 e. The Morgan fingerprint density at radius 2 is 1.57 bits per heavy atom. The van der Waals surface area contributed by atoms with E-state index in [4.69, 9.17) is 16.2 Å². The van der Waals surface area contributed by atoms with E-state index in [1.54, 1.807) is 24.3 Å². The molecule has 0 saturated carbocycles. The molecule has 0 spiro atoms. The van der Waals surface area contributed by atoms with Crippen LogP contribution in [0.5, 0.6) is 0 Å². The van der Waals surface area contributed by atoms with Crippen molar-refractivity contribution in [1.82, 2.24) is 5.32 Å². The van der Waals surface area contributed by atoms with Crippen molar-refractivity contribution < 1.29 is 22.6 Å². The van der Waals surface area contributed by atoms with Gasteiger partial charge in [0.15, 0.2) is 0 Å². The molecule has 0 aliphatic heterocycles. The van der Waals surface area contributed by atoms with Gasteiger partial charge in [0, 0.05) is 22.8 Å². The first kappa shape index (κ1) is 34.6. The van der Waals surface area contributed by atoms with E-state index in [1.165, 1.54) is 0 Å². The first-order valence-electron chi connectivity index (χ1n) is 15.0. The SMILES string of the molecule is Cc1cc(Cl)ccc1-c1ccc(NC(=O)C(Cc2ccc(C(=O)NCCS(=O)(=O)O)cc2)c2ccc(C=CC(C)(C)C)cc2)cc1. The van der Waals surface area contributed by atoms with Crippen molar-refractivity contribution in [3.8, 4) is 11.1 Å². The Kier molecular flexibility index (Phi) is 11.2. The summed E-state index contributed by atoms with van der Waals surface area (Å²) in [6, 6.07) is 28.2. The van der Waals surface area contributed by atoms with Gasteiger partial charge in [-0.2, -0.15) is 8.42 Å². The second-order valence-electron chi connectivity index (χ2n) is 12.4. The molecule has 3 N–H and O–H groups in total. The smallest absolute Gasteiger partial charge is 0.266 e. The van der Waals surface area contributed by atoms with Gasteiger partial charge in [-0.3, -0.25) is 14.1 Å². The number of halogens is 1. The second kappa shape index (κ2) is 14.9. The summed E-state index contributed by atoms with van der Waals surface area (Å²) in [6.07, 6.45) is 4.60. The van der Waals surface area contributed by atoms with Gasteiger partial charge in [0.05, 0.1) is 11.7 Å². The Morgan fingerprint density at radius 3 is 2.15 bits per heavy atom. The second-order valence-corrected chi connectivity index (χ2v) is 14.4. The zero-order valence-electron chi connectivity index (χ0n) is 26.4. The van der Waals surface area contributed by atoms with E-state index in [0.29, 0.717) is 22.7 Å². The number of hydrogen-bond acceptors (Lipinski definition) is 4. The van der Waals surface area contributed by atoms with Gasteiger partial charge in [0.1, 0.15) is 0 Å². The molecular weight excluding hydrogens is 620 g/mol. The largest absolute Gasteiger partial charge is 0.351 e. The summed E-state index contributed by atoms with van der Waals surface area (Å²) in [5.41, 5.74) is 6.94. The third-order valence-electron chi connectivity index (χ3n) is 7.38. The van der Waals surface area contributed by atoms with Crippen molar-refractivity contribution in [2.45, 2.75) is 40.0 Å². The predicted octanol–water partition coefficient (Wildman–Crippen LogP) is 7.96. The molecule has 240 valence electrons. The molecule has 1 unspecified atom stereocenters. The summed E-state index contributed by atoms with van der Waals surface area (Å²) in [5, 5.41) is 6.24. The van der Waals surface area contributed by atoms with E-state index in [-0.39, 0.29) is 17.9 Å². The molecule has 4 aromatic rings. The molecule has 9 heteroatoms. The van der Waals surface area contributed by atoms with Crippen LogP contribution in [0.1, 0.15) is 59.3 Å². The van der Waals surface area contributed by atoms with E-state index >= 15 is 0 Å². The first-order valence-corrected chi connectivity index (χ1v) is 16.9. The highest BCUT2D eigenvalue weighted by Gasteiger charge is 2.22. The molecule has 0 radical (unpaired) electrons. The zero-order chi connectivity index (χ0) is 33.5. The first-order chi connectivity index (χ1) is 21.7. The Hall–Kier alpha value is -4.24. The van der Waals surface area contributed by atoms with Gasteiger partial charge in [0.2, 0.25) is 5.91 Å². The Labute approximate surface area is 276 Å². The molecule has 0 saturated heterocycles. The maximum absolute atomic E-state index is 13.8. The Morgan fingerprint density at radius 1 is 0.913 bits per heavy atom. The van der Waals surface area contributed by atoms with E-state index in [9.17, 15) is 18.0 Å². The van der Waals surface area contributed by atoms with Crippen LogP contribution in [-0.4, -0.2) is 37.1 Å². The number of carbonyl (C=O) groups is 2. The Balaban J connectivity index is 1.54. The fourth-order valence-electron chi connectivity index (χ4n) is 4.88. The summed E-state index contributed by atoms with van der Waals surface area (Å²) in [4.78, 5) is 26.2. The van der Waals surface area contributed by atoms with Crippen LogP contribution in [0, 0.1) is 12.3 Å². The zero-order valence-corrected chi connectivity index (χ0v) is 28.0. The molecule has 4 aromatic carbocycles. The molecule has 0 bridgehead atoms. The number of carbonyl (C=O) groups excluding carboxylic acids is 2. The molecule has 0 aromatic heterocycles. The van der Waals surface area contributed by atoms with Crippen molar-refractivity contribution in [1.29, 1.82) is 0 Å².